The van der Waals surface area contributed by atoms with Crippen LogP contribution in [-0.2, 0) is 11.3 Å². The van der Waals surface area contributed by atoms with Crippen LogP contribution in [0, 0.1) is 13.8 Å². The van der Waals surface area contributed by atoms with Crippen molar-refractivity contribution in [2.24, 2.45) is 0 Å². The molecule has 2 aromatic carbocycles. The molecule has 1 saturated heterocycles. The van der Waals surface area contributed by atoms with E-state index in [0.29, 0.717) is 40.4 Å². The Bertz CT molecular complexity index is 1300. The Balaban J connectivity index is 1.65. The molecular formula is C25H25ClN4O3S. The van der Waals surface area contributed by atoms with Crippen LogP contribution in [-0.4, -0.2) is 34.5 Å². The summed E-state index contributed by atoms with van der Waals surface area (Å²) in [6, 6.07) is 13.0. The van der Waals surface area contributed by atoms with Crippen molar-refractivity contribution in [3.8, 4) is 11.5 Å². The number of para-hydroxylation sites is 2. The Kier molecular flexibility index (Phi) is 6.90. The lowest BCUT2D eigenvalue weighted by Gasteiger charge is -2.18. The number of anilines is 1. The summed E-state index contributed by atoms with van der Waals surface area (Å²) in [4.78, 5) is 14.7. The Hall–Kier alpha value is -3.36. The highest BCUT2D eigenvalue weighted by Gasteiger charge is 2.33. The highest BCUT2D eigenvalue weighted by atomic mass is 35.5. The zero-order chi connectivity index (χ0) is 24.4. The summed E-state index contributed by atoms with van der Waals surface area (Å²) >= 11 is 11.8. The van der Waals surface area contributed by atoms with Crippen molar-refractivity contribution in [2.45, 2.75) is 27.3 Å². The summed E-state index contributed by atoms with van der Waals surface area (Å²) < 4.78 is 13.1. The summed E-state index contributed by atoms with van der Waals surface area (Å²) in [6.45, 7) is 6.66. The monoisotopic (exact) mass is 496 g/mol. The third kappa shape index (κ3) is 4.51. The van der Waals surface area contributed by atoms with E-state index in [1.165, 1.54) is 4.90 Å². The van der Waals surface area contributed by atoms with Crippen LogP contribution in [0.15, 0.2) is 48.2 Å². The van der Waals surface area contributed by atoms with Crippen molar-refractivity contribution in [3.63, 3.8) is 0 Å². The minimum absolute atomic E-state index is 0.250. The molecule has 1 aliphatic rings. The van der Waals surface area contributed by atoms with E-state index in [1.54, 1.807) is 13.2 Å². The molecule has 0 unspecified atom stereocenters. The Morgan fingerprint density at radius 1 is 1.18 bits per heavy atom. The van der Waals surface area contributed by atoms with Gasteiger partial charge < -0.3 is 14.8 Å². The first-order valence-corrected chi connectivity index (χ1v) is 11.6. The zero-order valence-corrected chi connectivity index (χ0v) is 21.0. The van der Waals surface area contributed by atoms with E-state index in [1.807, 2.05) is 67.9 Å². The predicted molar refractivity (Wildman–Crippen MR) is 138 cm³/mol. The topological polar surface area (TPSA) is 68.6 Å². The first kappa shape index (κ1) is 23.8. The van der Waals surface area contributed by atoms with E-state index in [0.717, 1.165) is 28.3 Å². The molecule has 1 amide bonds. The molecule has 1 aliphatic heterocycles. The molecule has 0 spiro atoms. The summed E-state index contributed by atoms with van der Waals surface area (Å²) in [5.74, 6) is 1.07. The average molecular weight is 497 g/mol. The minimum atomic E-state index is -0.250. The fourth-order valence-electron chi connectivity index (χ4n) is 3.84. The van der Waals surface area contributed by atoms with Crippen LogP contribution in [0.2, 0.25) is 5.02 Å². The molecule has 176 valence electrons. The van der Waals surface area contributed by atoms with Gasteiger partial charge in [-0.15, -0.1) is 0 Å². The Morgan fingerprint density at radius 3 is 2.62 bits per heavy atom. The molecule has 7 nitrogen and oxygen atoms in total. The summed E-state index contributed by atoms with van der Waals surface area (Å²) in [5.41, 5.74) is 4.37. The number of thiocarbonyl (C=S) groups is 1. The molecule has 4 rings (SSSR count). The van der Waals surface area contributed by atoms with E-state index in [9.17, 15) is 4.79 Å². The number of hydrogen-bond donors (Lipinski definition) is 1. The molecule has 0 bridgehead atoms. The van der Waals surface area contributed by atoms with E-state index in [-0.39, 0.29) is 5.91 Å². The second-order valence-corrected chi connectivity index (χ2v) is 8.51. The van der Waals surface area contributed by atoms with E-state index in [2.05, 4.69) is 10.4 Å². The van der Waals surface area contributed by atoms with Gasteiger partial charge in [0, 0.05) is 5.56 Å². The van der Waals surface area contributed by atoms with E-state index in [4.69, 9.17) is 33.3 Å². The fourth-order valence-corrected chi connectivity index (χ4v) is 4.27. The number of amides is 1. The second kappa shape index (κ2) is 9.87. The third-order valence-corrected chi connectivity index (χ3v) is 6.34. The number of nitrogens with zero attached hydrogens (tertiary/aromatic N) is 3. The third-order valence-electron chi connectivity index (χ3n) is 5.51. The van der Waals surface area contributed by atoms with Crippen LogP contribution in [0.3, 0.4) is 0 Å². The zero-order valence-electron chi connectivity index (χ0n) is 19.4. The maximum absolute atomic E-state index is 13.3. The van der Waals surface area contributed by atoms with Gasteiger partial charge in [-0.3, -0.25) is 9.48 Å². The van der Waals surface area contributed by atoms with Crippen LogP contribution < -0.4 is 19.7 Å². The normalized spacial score (nSPS) is 14.6. The summed E-state index contributed by atoms with van der Waals surface area (Å²) in [6.07, 6.45) is 1.77. The first-order valence-electron chi connectivity index (χ1n) is 10.8. The molecule has 0 radical (unpaired) electrons. The molecule has 0 saturated carbocycles. The minimum Gasteiger partial charge on any atom is -0.496 e. The van der Waals surface area contributed by atoms with Gasteiger partial charge >= 0.3 is 0 Å². The molecule has 1 aromatic heterocycles. The number of rotatable bonds is 7. The molecule has 0 atom stereocenters. The Morgan fingerprint density at radius 2 is 1.94 bits per heavy atom. The lowest BCUT2D eigenvalue weighted by molar-refractivity contribution is -0.113. The largest absolute Gasteiger partial charge is 0.496 e. The van der Waals surface area contributed by atoms with Gasteiger partial charge in [-0.25, -0.2) is 4.90 Å². The van der Waals surface area contributed by atoms with Gasteiger partial charge in [-0.2, -0.15) is 5.10 Å². The highest BCUT2D eigenvalue weighted by Crippen LogP contribution is 2.32. The lowest BCUT2D eigenvalue weighted by Crippen LogP contribution is -2.30. The number of methoxy groups -OCH3 is 1. The van der Waals surface area contributed by atoms with Gasteiger partial charge in [-0.05, 0) is 68.9 Å². The van der Waals surface area contributed by atoms with Gasteiger partial charge in [-0.1, -0.05) is 29.8 Å². The second-order valence-electron chi connectivity index (χ2n) is 7.74. The molecule has 9 heteroatoms. The van der Waals surface area contributed by atoms with E-state index >= 15 is 0 Å². The number of halogens is 1. The van der Waals surface area contributed by atoms with Crippen LogP contribution in [0.4, 0.5) is 5.69 Å². The first-order chi connectivity index (χ1) is 16.3. The number of hydrogen-bond acceptors (Lipinski definition) is 5. The van der Waals surface area contributed by atoms with Gasteiger partial charge in [0.25, 0.3) is 5.91 Å². The number of aromatic nitrogens is 2. The summed E-state index contributed by atoms with van der Waals surface area (Å²) in [7, 11) is 1.62. The fraction of sp³-hybridized carbons (Fsp3) is 0.240. The predicted octanol–water partition coefficient (Wildman–Crippen LogP) is 4.87. The number of carbonyl (C=O) groups excluding carboxylic acids is 1. The molecule has 0 aliphatic carbocycles. The standard InChI is InChI=1S/C25H25ClN4O3S/c1-5-33-22-9-7-6-8-20(22)30-24(31)19(27-25(30)34)13-17-10-11-21(32-4)18(12-17)14-29-16(3)23(26)15(2)28-29/h6-13H,5,14H2,1-4H3,(H,27,34)/b19-13+. The van der Waals surface area contributed by atoms with E-state index < -0.39 is 0 Å². The van der Waals surface area contributed by atoms with Gasteiger partial charge in [0.1, 0.15) is 17.2 Å². The van der Waals surface area contributed by atoms with Gasteiger partial charge in [0.2, 0.25) is 0 Å². The van der Waals surface area contributed by atoms with Crippen molar-refractivity contribution in [2.75, 3.05) is 18.6 Å². The number of carbonyl (C=O) groups is 1. The molecule has 1 fully saturated rings. The lowest BCUT2D eigenvalue weighted by atomic mass is 10.1. The van der Waals surface area contributed by atoms with Crippen molar-refractivity contribution in [3.05, 3.63) is 75.7 Å². The van der Waals surface area contributed by atoms with Crippen molar-refractivity contribution >= 4 is 46.6 Å². The highest BCUT2D eigenvalue weighted by molar-refractivity contribution is 7.80. The number of aryl methyl sites for hydroxylation is 1. The van der Waals surface area contributed by atoms with Crippen molar-refractivity contribution < 1.29 is 14.3 Å². The van der Waals surface area contributed by atoms with Crippen molar-refractivity contribution in [1.82, 2.24) is 15.1 Å². The summed E-state index contributed by atoms with van der Waals surface area (Å²) in [5, 5.41) is 8.50. The van der Waals surface area contributed by atoms with Crippen LogP contribution >= 0.6 is 23.8 Å². The van der Waals surface area contributed by atoms with Gasteiger partial charge in [0.05, 0.1) is 42.4 Å². The van der Waals surface area contributed by atoms with Crippen molar-refractivity contribution in [1.29, 1.82) is 0 Å². The molecule has 1 N–H and O–H groups in total. The maximum Gasteiger partial charge on any atom is 0.281 e. The molecule has 3 aromatic rings. The molecule has 2 heterocycles. The van der Waals surface area contributed by atoms with Gasteiger partial charge in [0.15, 0.2) is 5.11 Å². The number of nitrogens with one attached hydrogen (secondary N) is 1. The SMILES string of the molecule is CCOc1ccccc1N1C(=O)/C(=C\c2ccc(OC)c(Cn3nc(C)c(Cl)c3C)c2)NC1=S. The maximum atomic E-state index is 13.3. The number of ether oxygens (including phenoxy) is 2. The molecule has 34 heavy (non-hydrogen) atoms. The van der Waals surface area contributed by atoms with Crippen LogP contribution in [0.1, 0.15) is 29.4 Å². The average Bonchev–Trinajstić information content (AvgIpc) is 3.23. The smallest absolute Gasteiger partial charge is 0.281 e. The Labute approximate surface area is 208 Å². The quantitative estimate of drug-likeness (QED) is 0.372. The van der Waals surface area contributed by atoms with Crippen LogP contribution in [0.25, 0.3) is 6.08 Å². The molecular weight excluding hydrogens is 472 g/mol. The number of benzene rings is 2. The van der Waals surface area contributed by atoms with Crippen LogP contribution in [0.5, 0.6) is 11.5 Å².